The van der Waals surface area contributed by atoms with Crippen molar-refractivity contribution >= 4 is 30.7 Å². The van der Waals surface area contributed by atoms with E-state index in [9.17, 15) is 4.79 Å². The highest BCUT2D eigenvalue weighted by atomic mass is 35.5. The van der Waals surface area contributed by atoms with E-state index in [1.807, 2.05) is 35.2 Å². The van der Waals surface area contributed by atoms with Gasteiger partial charge in [-0.3, -0.25) is 9.69 Å². The Bertz CT molecular complexity index is 504. The van der Waals surface area contributed by atoms with E-state index in [4.69, 9.17) is 10.5 Å². The highest BCUT2D eigenvalue weighted by Gasteiger charge is 2.27. The van der Waals surface area contributed by atoms with E-state index < -0.39 is 6.04 Å². The first-order valence-corrected chi connectivity index (χ1v) is 8.61. The SMILES string of the molecule is Cl.Cl.NC(Cc1ccccc1)C(=O)N1CCN(CC2CCOC2)CC1. The van der Waals surface area contributed by atoms with Crippen molar-refractivity contribution < 1.29 is 9.53 Å². The van der Waals surface area contributed by atoms with Crippen LogP contribution in [0.25, 0.3) is 0 Å². The van der Waals surface area contributed by atoms with Crippen LogP contribution >= 0.6 is 24.8 Å². The van der Waals surface area contributed by atoms with Gasteiger partial charge in [-0.2, -0.15) is 0 Å². The third-order valence-electron chi connectivity index (χ3n) is 4.84. The molecule has 2 saturated heterocycles. The fourth-order valence-electron chi connectivity index (χ4n) is 3.43. The predicted molar refractivity (Wildman–Crippen MR) is 105 cm³/mol. The van der Waals surface area contributed by atoms with Crippen molar-refractivity contribution in [3.8, 4) is 0 Å². The van der Waals surface area contributed by atoms with Gasteiger partial charge in [0, 0.05) is 39.3 Å². The molecule has 2 unspecified atom stereocenters. The average Bonchev–Trinajstić information content (AvgIpc) is 3.09. The van der Waals surface area contributed by atoms with Crippen LogP contribution in [0, 0.1) is 5.92 Å². The molecule has 0 aliphatic carbocycles. The maximum atomic E-state index is 12.5. The molecule has 0 spiro atoms. The van der Waals surface area contributed by atoms with Gasteiger partial charge >= 0.3 is 0 Å². The van der Waals surface area contributed by atoms with Crippen LogP contribution in [0.15, 0.2) is 30.3 Å². The lowest BCUT2D eigenvalue weighted by Crippen LogP contribution is -2.54. The number of nitrogens with two attached hydrogens (primary N) is 1. The van der Waals surface area contributed by atoms with Gasteiger partial charge in [0.1, 0.15) is 0 Å². The summed E-state index contributed by atoms with van der Waals surface area (Å²) in [5, 5.41) is 0. The zero-order chi connectivity index (χ0) is 16.1. The van der Waals surface area contributed by atoms with Crippen molar-refractivity contribution in [1.82, 2.24) is 9.80 Å². The number of halogens is 2. The van der Waals surface area contributed by atoms with Crippen molar-refractivity contribution in [2.45, 2.75) is 18.9 Å². The average molecular weight is 390 g/mol. The number of carbonyl (C=O) groups excluding carboxylic acids is 1. The molecule has 2 aliphatic rings. The molecular weight excluding hydrogens is 361 g/mol. The van der Waals surface area contributed by atoms with Crippen LogP contribution in [-0.2, 0) is 16.0 Å². The summed E-state index contributed by atoms with van der Waals surface area (Å²) in [6.07, 6.45) is 1.78. The van der Waals surface area contributed by atoms with Crippen LogP contribution in [0.3, 0.4) is 0 Å². The maximum absolute atomic E-state index is 12.5. The first-order valence-electron chi connectivity index (χ1n) is 8.61. The van der Waals surface area contributed by atoms with Crippen LogP contribution in [0.1, 0.15) is 12.0 Å². The van der Waals surface area contributed by atoms with Crippen LogP contribution < -0.4 is 5.73 Å². The van der Waals surface area contributed by atoms with E-state index in [2.05, 4.69) is 4.90 Å². The van der Waals surface area contributed by atoms with Gasteiger partial charge in [-0.15, -0.1) is 24.8 Å². The van der Waals surface area contributed by atoms with Crippen molar-refractivity contribution in [2.75, 3.05) is 45.9 Å². The van der Waals surface area contributed by atoms with Crippen LogP contribution in [0.4, 0.5) is 0 Å². The molecule has 2 fully saturated rings. The molecule has 7 heteroatoms. The lowest BCUT2D eigenvalue weighted by Gasteiger charge is -2.36. The van der Waals surface area contributed by atoms with Gasteiger partial charge in [0.15, 0.2) is 0 Å². The van der Waals surface area contributed by atoms with Crippen LogP contribution in [0.2, 0.25) is 0 Å². The smallest absolute Gasteiger partial charge is 0.239 e. The Hall–Kier alpha value is -0.850. The van der Waals surface area contributed by atoms with Gasteiger partial charge in [0.05, 0.1) is 12.6 Å². The molecule has 2 N–H and O–H groups in total. The Balaban J connectivity index is 0.00000156. The number of piperazine rings is 1. The summed E-state index contributed by atoms with van der Waals surface area (Å²) in [4.78, 5) is 16.9. The fourth-order valence-corrected chi connectivity index (χ4v) is 3.43. The van der Waals surface area contributed by atoms with Gasteiger partial charge in [0.25, 0.3) is 0 Å². The second-order valence-corrected chi connectivity index (χ2v) is 6.65. The van der Waals surface area contributed by atoms with Crippen molar-refractivity contribution in [3.63, 3.8) is 0 Å². The van der Waals surface area contributed by atoms with Gasteiger partial charge < -0.3 is 15.4 Å². The summed E-state index contributed by atoms with van der Waals surface area (Å²) in [5.74, 6) is 0.746. The molecule has 0 radical (unpaired) electrons. The molecule has 2 atom stereocenters. The largest absolute Gasteiger partial charge is 0.381 e. The molecule has 0 bridgehead atoms. The molecule has 1 aromatic rings. The lowest BCUT2D eigenvalue weighted by atomic mass is 10.0. The summed E-state index contributed by atoms with van der Waals surface area (Å²) < 4.78 is 5.44. The third kappa shape index (κ3) is 6.42. The monoisotopic (exact) mass is 389 g/mol. The zero-order valence-electron chi connectivity index (χ0n) is 14.5. The molecule has 5 nitrogen and oxygen atoms in total. The minimum absolute atomic E-state index is 0. The standard InChI is InChI=1S/C18H27N3O2.2ClH/c19-17(12-15-4-2-1-3-5-15)18(22)21-9-7-20(8-10-21)13-16-6-11-23-14-16;;/h1-5,16-17H,6-14,19H2;2*1H. The molecule has 1 aromatic carbocycles. The predicted octanol–water partition coefficient (Wildman–Crippen LogP) is 1.58. The summed E-state index contributed by atoms with van der Waals surface area (Å²) in [7, 11) is 0. The van der Waals surface area contributed by atoms with E-state index in [0.717, 1.165) is 51.5 Å². The molecule has 2 heterocycles. The second-order valence-electron chi connectivity index (χ2n) is 6.65. The Kier molecular flexibility index (Phi) is 9.75. The number of hydrogen-bond acceptors (Lipinski definition) is 4. The van der Waals surface area contributed by atoms with Gasteiger partial charge in [-0.25, -0.2) is 0 Å². The Labute approximate surface area is 162 Å². The number of nitrogens with zero attached hydrogens (tertiary/aromatic N) is 2. The molecular formula is C18H29Cl2N3O2. The number of carbonyl (C=O) groups is 1. The van der Waals surface area contributed by atoms with E-state index in [1.165, 1.54) is 6.42 Å². The third-order valence-corrected chi connectivity index (χ3v) is 4.84. The first kappa shape index (κ1) is 22.2. The highest BCUT2D eigenvalue weighted by molar-refractivity contribution is 5.85. The number of rotatable bonds is 5. The van der Waals surface area contributed by atoms with E-state index in [0.29, 0.717) is 12.3 Å². The molecule has 25 heavy (non-hydrogen) atoms. The molecule has 0 saturated carbocycles. The van der Waals surface area contributed by atoms with Crippen LogP contribution in [0.5, 0.6) is 0 Å². The molecule has 1 amide bonds. The highest BCUT2D eigenvalue weighted by Crippen LogP contribution is 2.15. The minimum atomic E-state index is -0.438. The van der Waals surface area contributed by atoms with Gasteiger partial charge in [-0.05, 0) is 24.3 Å². The summed E-state index contributed by atoms with van der Waals surface area (Å²) in [5.41, 5.74) is 7.24. The van der Waals surface area contributed by atoms with E-state index in [1.54, 1.807) is 0 Å². The Morgan fingerprint density at radius 1 is 1.16 bits per heavy atom. The number of benzene rings is 1. The van der Waals surface area contributed by atoms with E-state index in [-0.39, 0.29) is 30.7 Å². The number of hydrogen-bond donors (Lipinski definition) is 1. The summed E-state index contributed by atoms with van der Waals surface area (Å²) in [6, 6.07) is 9.55. The number of amides is 1. The molecule has 2 aliphatic heterocycles. The minimum Gasteiger partial charge on any atom is -0.381 e. The zero-order valence-corrected chi connectivity index (χ0v) is 16.1. The van der Waals surface area contributed by atoms with E-state index >= 15 is 0 Å². The van der Waals surface area contributed by atoms with Crippen LogP contribution in [-0.4, -0.2) is 67.7 Å². The summed E-state index contributed by atoms with van der Waals surface area (Å²) in [6.45, 7) is 6.35. The van der Waals surface area contributed by atoms with Gasteiger partial charge in [-0.1, -0.05) is 30.3 Å². The summed E-state index contributed by atoms with van der Waals surface area (Å²) >= 11 is 0. The topological polar surface area (TPSA) is 58.8 Å². The second kappa shape index (κ2) is 11.0. The van der Waals surface area contributed by atoms with Gasteiger partial charge in [0.2, 0.25) is 5.91 Å². The Morgan fingerprint density at radius 3 is 2.44 bits per heavy atom. The number of ether oxygens (including phenoxy) is 1. The lowest BCUT2D eigenvalue weighted by molar-refractivity contribution is -0.134. The Morgan fingerprint density at radius 2 is 1.84 bits per heavy atom. The first-order chi connectivity index (χ1) is 11.2. The quantitative estimate of drug-likeness (QED) is 0.830. The van der Waals surface area contributed by atoms with Crippen molar-refractivity contribution in [1.29, 1.82) is 0 Å². The normalized spacial score (nSPS) is 22.0. The molecule has 142 valence electrons. The molecule has 0 aromatic heterocycles. The van der Waals surface area contributed by atoms with Crippen molar-refractivity contribution in [2.24, 2.45) is 11.7 Å². The fraction of sp³-hybridized carbons (Fsp3) is 0.611. The maximum Gasteiger partial charge on any atom is 0.239 e. The van der Waals surface area contributed by atoms with Crippen molar-refractivity contribution in [3.05, 3.63) is 35.9 Å². The molecule has 3 rings (SSSR count).